The van der Waals surface area contributed by atoms with E-state index in [2.05, 4.69) is 41.7 Å². The minimum Gasteiger partial charge on any atom is -0.494 e. The Morgan fingerprint density at radius 1 is 1.16 bits per heavy atom. The van der Waals surface area contributed by atoms with E-state index in [0.717, 1.165) is 30.6 Å². The van der Waals surface area contributed by atoms with Gasteiger partial charge in [0, 0.05) is 36.0 Å². The molecule has 1 aromatic heterocycles. The predicted octanol–water partition coefficient (Wildman–Crippen LogP) is 4.93. The van der Waals surface area contributed by atoms with Crippen molar-refractivity contribution in [2.24, 2.45) is 7.05 Å². The fourth-order valence-corrected chi connectivity index (χ4v) is 3.59. The Labute approximate surface area is 195 Å². The molecule has 3 rings (SSSR count). The van der Waals surface area contributed by atoms with Crippen molar-refractivity contribution < 1.29 is 9.53 Å². The Balaban J connectivity index is 1.55. The van der Waals surface area contributed by atoms with Gasteiger partial charge >= 0.3 is 0 Å². The topological polar surface area (TPSA) is 68.2 Å². The van der Waals surface area contributed by atoms with Crippen molar-refractivity contribution >= 4 is 28.9 Å². The number of amides is 1. The monoisotopic (exact) mass is 450 g/mol. The quantitative estimate of drug-likeness (QED) is 0.376. The standard InChI is InChI=1S/C25H30N4O2S/c1-5-6-14-31-22-9-7-8-20(16-22)24(30)27-25(32)26-21-12-10-19(11-13-21)15-23-17(2)28-29(4)18(23)3/h7-13,16H,5-6,14-15H2,1-4H3,(H2,26,27,30,32). The third-order valence-electron chi connectivity index (χ3n) is 5.34. The van der Waals surface area contributed by atoms with E-state index in [4.69, 9.17) is 17.0 Å². The number of thiocarbonyl (C=S) groups is 1. The molecule has 0 aliphatic heterocycles. The third kappa shape index (κ3) is 6.17. The van der Waals surface area contributed by atoms with Crippen LogP contribution in [0.4, 0.5) is 5.69 Å². The summed E-state index contributed by atoms with van der Waals surface area (Å²) in [6, 6.07) is 15.1. The molecule has 0 aliphatic rings. The molecule has 2 aromatic carbocycles. The van der Waals surface area contributed by atoms with Crippen molar-refractivity contribution in [3.8, 4) is 5.75 Å². The summed E-state index contributed by atoms with van der Waals surface area (Å²) in [5.74, 6) is 0.405. The summed E-state index contributed by atoms with van der Waals surface area (Å²) in [5, 5.41) is 10.5. The molecule has 3 aromatic rings. The Kier molecular flexibility index (Phi) is 8.00. The minimum absolute atomic E-state index is 0.249. The molecule has 168 valence electrons. The Bertz CT molecular complexity index is 1090. The van der Waals surface area contributed by atoms with Crippen LogP contribution < -0.4 is 15.4 Å². The molecule has 6 nitrogen and oxygen atoms in total. The van der Waals surface area contributed by atoms with Crippen molar-refractivity contribution in [3.63, 3.8) is 0 Å². The minimum atomic E-state index is -0.275. The van der Waals surface area contributed by atoms with Crippen LogP contribution in [0.1, 0.15) is 52.6 Å². The summed E-state index contributed by atoms with van der Waals surface area (Å²) in [7, 11) is 1.96. The molecule has 1 heterocycles. The summed E-state index contributed by atoms with van der Waals surface area (Å²) in [6.45, 7) is 6.86. The number of aromatic nitrogens is 2. The number of ether oxygens (including phenoxy) is 1. The molecule has 0 spiro atoms. The zero-order valence-electron chi connectivity index (χ0n) is 19.1. The number of anilines is 1. The van der Waals surface area contributed by atoms with Gasteiger partial charge in [-0.2, -0.15) is 5.10 Å². The summed E-state index contributed by atoms with van der Waals surface area (Å²) in [5.41, 5.74) is 5.97. The first kappa shape index (κ1) is 23.5. The van der Waals surface area contributed by atoms with Crippen LogP contribution in [-0.4, -0.2) is 27.4 Å². The SMILES string of the molecule is CCCCOc1cccc(C(=O)NC(=S)Nc2ccc(Cc3c(C)nn(C)c3C)cc2)c1. The Hall–Kier alpha value is -3.19. The van der Waals surface area contributed by atoms with Gasteiger partial charge in [0.25, 0.3) is 5.91 Å². The van der Waals surface area contributed by atoms with E-state index in [-0.39, 0.29) is 11.0 Å². The summed E-state index contributed by atoms with van der Waals surface area (Å²) in [4.78, 5) is 12.5. The highest BCUT2D eigenvalue weighted by Crippen LogP contribution is 2.19. The van der Waals surface area contributed by atoms with Gasteiger partial charge < -0.3 is 10.1 Å². The Morgan fingerprint density at radius 2 is 1.91 bits per heavy atom. The molecule has 0 aliphatic carbocycles. The van der Waals surface area contributed by atoms with Crippen LogP contribution in [0.15, 0.2) is 48.5 Å². The zero-order chi connectivity index (χ0) is 23.1. The summed E-state index contributed by atoms with van der Waals surface area (Å²) >= 11 is 5.32. The maximum absolute atomic E-state index is 12.5. The van der Waals surface area contributed by atoms with E-state index in [1.165, 1.54) is 16.8 Å². The summed E-state index contributed by atoms with van der Waals surface area (Å²) < 4.78 is 7.59. The van der Waals surface area contributed by atoms with Crippen molar-refractivity contribution in [2.45, 2.75) is 40.0 Å². The van der Waals surface area contributed by atoms with Crippen LogP contribution in [-0.2, 0) is 13.5 Å². The first-order valence-corrected chi connectivity index (χ1v) is 11.2. The molecule has 0 atom stereocenters. The lowest BCUT2D eigenvalue weighted by Crippen LogP contribution is -2.34. The lowest BCUT2D eigenvalue weighted by molar-refractivity contribution is 0.0977. The van der Waals surface area contributed by atoms with Crippen molar-refractivity contribution in [1.82, 2.24) is 15.1 Å². The molecule has 2 N–H and O–H groups in total. The van der Waals surface area contributed by atoms with Crippen LogP contribution >= 0.6 is 12.2 Å². The van der Waals surface area contributed by atoms with Gasteiger partial charge in [-0.05, 0) is 68.4 Å². The number of carbonyl (C=O) groups is 1. The largest absolute Gasteiger partial charge is 0.494 e. The highest BCUT2D eigenvalue weighted by Gasteiger charge is 2.11. The molecule has 7 heteroatoms. The maximum Gasteiger partial charge on any atom is 0.257 e. The fraction of sp³-hybridized carbons (Fsp3) is 0.320. The van der Waals surface area contributed by atoms with Crippen LogP contribution in [0, 0.1) is 13.8 Å². The van der Waals surface area contributed by atoms with Crippen molar-refractivity contribution in [1.29, 1.82) is 0 Å². The first-order chi connectivity index (χ1) is 15.4. The van der Waals surface area contributed by atoms with Crippen molar-refractivity contribution in [2.75, 3.05) is 11.9 Å². The number of unbranched alkanes of at least 4 members (excludes halogenated alkanes) is 1. The number of benzene rings is 2. The normalized spacial score (nSPS) is 10.6. The van der Waals surface area contributed by atoms with E-state index in [1.54, 1.807) is 18.2 Å². The van der Waals surface area contributed by atoms with Crippen LogP contribution in [0.3, 0.4) is 0 Å². The van der Waals surface area contributed by atoms with Gasteiger partial charge in [-0.25, -0.2) is 0 Å². The van der Waals surface area contributed by atoms with Crippen LogP contribution in [0.5, 0.6) is 5.75 Å². The second kappa shape index (κ2) is 10.9. The van der Waals surface area contributed by atoms with Crippen LogP contribution in [0.25, 0.3) is 0 Å². The molecule has 0 unspecified atom stereocenters. The number of nitrogens with zero attached hydrogens (tertiary/aromatic N) is 2. The molecular weight excluding hydrogens is 420 g/mol. The van der Waals surface area contributed by atoms with Crippen LogP contribution in [0.2, 0.25) is 0 Å². The predicted molar refractivity (Wildman–Crippen MR) is 132 cm³/mol. The molecule has 32 heavy (non-hydrogen) atoms. The van der Waals surface area contributed by atoms with Gasteiger partial charge in [-0.15, -0.1) is 0 Å². The second-order valence-corrected chi connectivity index (χ2v) is 8.19. The van der Waals surface area contributed by atoms with E-state index >= 15 is 0 Å². The van der Waals surface area contributed by atoms with E-state index in [9.17, 15) is 4.79 Å². The van der Waals surface area contributed by atoms with Crippen molar-refractivity contribution in [3.05, 3.63) is 76.6 Å². The fourth-order valence-electron chi connectivity index (χ4n) is 3.38. The lowest BCUT2D eigenvalue weighted by Gasteiger charge is -2.11. The lowest BCUT2D eigenvalue weighted by atomic mass is 10.0. The average Bonchev–Trinajstić information content (AvgIpc) is 3.01. The van der Waals surface area contributed by atoms with E-state index < -0.39 is 0 Å². The van der Waals surface area contributed by atoms with Gasteiger partial charge in [0.05, 0.1) is 12.3 Å². The number of carbonyl (C=O) groups excluding carboxylic acids is 1. The van der Waals surface area contributed by atoms with E-state index in [1.807, 2.05) is 36.9 Å². The molecule has 0 bridgehead atoms. The molecule has 0 fully saturated rings. The highest BCUT2D eigenvalue weighted by atomic mass is 32.1. The number of rotatable bonds is 8. The van der Waals surface area contributed by atoms with Gasteiger partial charge in [0.15, 0.2) is 5.11 Å². The number of aryl methyl sites for hydroxylation is 2. The van der Waals surface area contributed by atoms with Gasteiger partial charge in [0.2, 0.25) is 0 Å². The van der Waals surface area contributed by atoms with E-state index in [0.29, 0.717) is 17.9 Å². The number of nitrogens with one attached hydrogen (secondary N) is 2. The summed E-state index contributed by atoms with van der Waals surface area (Å²) in [6.07, 6.45) is 2.86. The number of hydrogen-bond acceptors (Lipinski definition) is 4. The molecule has 0 saturated carbocycles. The molecule has 1 amide bonds. The smallest absolute Gasteiger partial charge is 0.257 e. The maximum atomic E-state index is 12.5. The second-order valence-electron chi connectivity index (χ2n) is 7.78. The third-order valence-corrected chi connectivity index (χ3v) is 5.55. The zero-order valence-corrected chi connectivity index (χ0v) is 19.9. The van der Waals surface area contributed by atoms with Gasteiger partial charge in [-0.3, -0.25) is 14.8 Å². The Morgan fingerprint density at radius 3 is 2.56 bits per heavy atom. The molecular formula is C25H30N4O2S. The average molecular weight is 451 g/mol. The molecule has 0 saturated heterocycles. The molecule has 0 radical (unpaired) electrons. The number of hydrogen-bond donors (Lipinski definition) is 2. The van der Waals surface area contributed by atoms with Gasteiger partial charge in [0.1, 0.15) is 5.75 Å². The first-order valence-electron chi connectivity index (χ1n) is 10.8. The van der Waals surface area contributed by atoms with Gasteiger partial charge in [-0.1, -0.05) is 31.5 Å². The highest BCUT2D eigenvalue weighted by molar-refractivity contribution is 7.80.